The van der Waals surface area contributed by atoms with E-state index in [4.69, 9.17) is 0 Å². The molecule has 6 rings (SSSR count). The minimum absolute atomic E-state index is 0.0172. The Labute approximate surface area is 153 Å². The summed E-state index contributed by atoms with van der Waals surface area (Å²) in [6.45, 7) is 7.31. The fourth-order valence-corrected chi connectivity index (χ4v) is 5.01. The van der Waals surface area contributed by atoms with Crippen LogP contribution in [0.2, 0.25) is 0 Å². The van der Waals surface area contributed by atoms with E-state index in [0.29, 0.717) is 23.0 Å². The second kappa shape index (κ2) is 5.65. The molecule has 4 nitrogen and oxygen atoms in total. The van der Waals surface area contributed by atoms with Gasteiger partial charge in [-0.1, -0.05) is 32.0 Å². The molecule has 0 unspecified atom stereocenters. The van der Waals surface area contributed by atoms with Crippen LogP contribution in [0.4, 0.5) is 0 Å². The number of imide groups is 1. The lowest BCUT2D eigenvalue weighted by atomic mass is 9.81. The molecule has 4 aliphatic heterocycles. The van der Waals surface area contributed by atoms with Gasteiger partial charge >= 0.3 is 0 Å². The molecular formula is C22H24N2O2. The van der Waals surface area contributed by atoms with E-state index in [-0.39, 0.29) is 17.9 Å². The molecule has 0 radical (unpaired) electrons. The van der Waals surface area contributed by atoms with E-state index in [0.717, 1.165) is 48.8 Å². The van der Waals surface area contributed by atoms with Crippen LogP contribution in [0.1, 0.15) is 58.9 Å². The summed E-state index contributed by atoms with van der Waals surface area (Å²) in [7, 11) is 0. The van der Waals surface area contributed by atoms with Crippen LogP contribution in [0.5, 0.6) is 0 Å². The van der Waals surface area contributed by atoms with Gasteiger partial charge in [-0.25, -0.2) is 0 Å². The minimum Gasteiger partial charge on any atom is -0.301 e. The lowest BCUT2D eigenvalue weighted by Gasteiger charge is -2.49. The van der Waals surface area contributed by atoms with E-state index in [1.165, 1.54) is 0 Å². The number of nitrogens with zero attached hydrogens (tertiary/aromatic N) is 2. The largest absolute Gasteiger partial charge is 0.301 e. The van der Waals surface area contributed by atoms with E-state index in [9.17, 15) is 9.59 Å². The van der Waals surface area contributed by atoms with E-state index in [1.807, 2.05) is 24.3 Å². The van der Waals surface area contributed by atoms with Crippen LogP contribution in [-0.2, 0) is 0 Å². The standard InChI is InChI=1S/C22H24N2O2/c1-13(2)16-10-15-4-3-5-17-20(15)18(11-16)22(26)24(21(17)25)19-12-23-8-6-14(19)7-9-23/h3-5,10-11,13-14,19H,6-9,12H2,1-2H3/t19-/m0/s1. The first-order valence-electron chi connectivity index (χ1n) is 9.71. The summed E-state index contributed by atoms with van der Waals surface area (Å²) in [6, 6.07) is 9.98. The molecule has 3 saturated heterocycles. The minimum atomic E-state index is -0.107. The Hall–Kier alpha value is -2.20. The molecule has 26 heavy (non-hydrogen) atoms. The van der Waals surface area contributed by atoms with Crippen molar-refractivity contribution in [1.29, 1.82) is 0 Å². The monoisotopic (exact) mass is 348 g/mol. The second-order valence-electron chi connectivity index (χ2n) is 8.31. The van der Waals surface area contributed by atoms with Crippen LogP contribution >= 0.6 is 0 Å². The molecule has 3 fully saturated rings. The summed E-state index contributed by atoms with van der Waals surface area (Å²) in [5.41, 5.74) is 2.54. The van der Waals surface area contributed by atoms with Crippen molar-refractivity contribution in [2.45, 2.75) is 38.6 Å². The van der Waals surface area contributed by atoms with E-state index in [1.54, 1.807) is 4.90 Å². The highest BCUT2D eigenvalue weighted by molar-refractivity contribution is 6.25. The van der Waals surface area contributed by atoms with Gasteiger partial charge in [0, 0.05) is 23.1 Å². The highest BCUT2D eigenvalue weighted by Gasteiger charge is 2.45. The molecule has 0 saturated carbocycles. The molecule has 134 valence electrons. The van der Waals surface area contributed by atoms with Gasteiger partial charge in [0.25, 0.3) is 11.8 Å². The van der Waals surface area contributed by atoms with E-state index >= 15 is 0 Å². The zero-order chi connectivity index (χ0) is 18.0. The summed E-state index contributed by atoms with van der Waals surface area (Å²) >= 11 is 0. The summed E-state index contributed by atoms with van der Waals surface area (Å²) in [5.74, 6) is 0.584. The predicted octanol–water partition coefficient (Wildman–Crippen LogP) is 3.65. The molecule has 4 heteroatoms. The zero-order valence-electron chi connectivity index (χ0n) is 15.4. The fourth-order valence-electron chi connectivity index (χ4n) is 5.01. The number of benzene rings is 2. The van der Waals surface area contributed by atoms with Crippen molar-refractivity contribution in [3.63, 3.8) is 0 Å². The number of hydrogen-bond donors (Lipinski definition) is 0. The summed E-state index contributed by atoms with van der Waals surface area (Å²) < 4.78 is 0. The van der Waals surface area contributed by atoms with Crippen molar-refractivity contribution >= 4 is 22.6 Å². The van der Waals surface area contributed by atoms with Crippen molar-refractivity contribution in [1.82, 2.24) is 9.80 Å². The number of carbonyl (C=O) groups is 2. The number of amides is 2. The van der Waals surface area contributed by atoms with Crippen molar-refractivity contribution < 1.29 is 9.59 Å². The second-order valence-corrected chi connectivity index (χ2v) is 8.31. The molecule has 2 aromatic carbocycles. The van der Waals surface area contributed by atoms with Crippen LogP contribution in [0.25, 0.3) is 10.8 Å². The van der Waals surface area contributed by atoms with Crippen molar-refractivity contribution in [2.75, 3.05) is 19.6 Å². The highest BCUT2D eigenvalue weighted by Crippen LogP contribution is 2.38. The predicted molar refractivity (Wildman–Crippen MR) is 101 cm³/mol. The average Bonchev–Trinajstić information content (AvgIpc) is 2.66. The quantitative estimate of drug-likeness (QED) is 0.778. The summed E-state index contributed by atoms with van der Waals surface area (Å²) in [4.78, 5) is 30.7. The number of carbonyl (C=O) groups excluding carboxylic acids is 2. The SMILES string of the molecule is CC(C)c1cc2c3c(cccc3c1)C(=O)N([C@H]1CN3CCC1CC3)C2=O. The van der Waals surface area contributed by atoms with Crippen molar-refractivity contribution in [3.8, 4) is 0 Å². The molecule has 2 bridgehead atoms. The lowest BCUT2D eigenvalue weighted by Crippen LogP contribution is -2.60. The van der Waals surface area contributed by atoms with Gasteiger partial charge in [-0.05, 0) is 60.8 Å². The van der Waals surface area contributed by atoms with Gasteiger partial charge in [0.15, 0.2) is 0 Å². The maximum Gasteiger partial charge on any atom is 0.261 e. The highest BCUT2D eigenvalue weighted by atomic mass is 16.2. The molecule has 4 heterocycles. The molecule has 2 amide bonds. The Kier molecular flexibility index (Phi) is 3.48. The topological polar surface area (TPSA) is 40.6 Å². The Bertz CT molecular complexity index is 925. The van der Waals surface area contributed by atoms with Crippen molar-refractivity contribution in [2.24, 2.45) is 5.92 Å². The third-order valence-corrected chi connectivity index (χ3v) is 6.52. The third-order valence-electron chi connectivity index (χ3n) is 6.52. The molecule has 1 atom stereocenters. The Balaban J connectivity index is 1.67. The zero-order valence-corrected chi connectivity index (χ0v) is 15.4. The van der Waals surface area contributed by atoms with Gasteiger partial charge < -0.3 is 4.90 Å². The number of fused-ring (bicyclic) bond motifs is 3. The number of piperidine rings is 3. The molecule has 0 N–H and O–H groups in total. The average molecular weight is 348 g/mol. The van der Waals surface area contributed by atoms with Gasteiger partial charge in [-0.3, -0.25) is 14.5 Å². The van der Waals surface area contributed by atoms with Crippen LogP contribution < -0.4 is 0 Å². The Morgan fingerprint density at radius 1 is 1.00 bits per heavy atom. The van der Waals surface area contributed by atoms with Crippen molar-refractivity contribution in [3.05, 3.63) is 47.0 Å². The molecule has 0 aromatic heterocycles. The fraction of sp³-hybridized carbons (Fsp3) is 0.455. The maximum absolute atomic E-state index is 13.5. The van der Waals surface area contributed by atoms with Crippen LogP contribution in [0, 0.1) is 5.92 Å². The summed E-state index contributed by atoms with van der Waals surface area (Å²) in [5, 5.41) is 1.84. The van der Waals surface area contributed by atoms with E-state index in [2.05, 4.69) is 24.8 Å². The first-order valence-corrected chi connectivity index (χ1v) is 9.71. The molecular weight excluding hydrogens is 324 g/mol. The number of rotatable bonds is 2. The van der Waals surface area contributed by atoms with Crippen LogP contribution in [0.3, 0.4) is 0 Å². The lowest BCUT2D eigenvalue weighted by molar-refractivity contribution is 0.00881. The van der Waals surface area contributed by atoms with Gasteiger partial charge in [0.1, 0.15) is 0 Å². The van der Waals surface area contributed by atoms with Crippen LogP contribution in [0.15, 0.2) is 30.3 Å². The molecule has 0 aliphatic carbocycles. The van der Waals surface area contributed by atoms with Crippen LogP contribution in [-0.4, -0.2) is 47.3 Å². The Morgan fingerprint density at radius 3 is 2.38 bits per heavy atom. The molecule has 4 aliphatic rings. The first kappa shape index (κ1) is 16.0. The molecule has 2 aromatic rings. The normalized spacial score (nSPS) is 27.7. The van der Waals surface area contributed by atoms with Gasteiger partial charge in [0.05, 0.1) is 6.04 Å². The Morgan fingerprint density at radius 2 is 1.73 bits per heavy atom. The van der Waals surface area contributed by atoms with Gasteiger partial charge in [-0.15, -0.1) is 0 Å². The smallest absolute Gasteiger partial charge is 0.261 e. The van der Waals surface area contributed by atoms with E-state index < -0.39 is 0 Å². The molecule has 0 spiro atoms. The maximum atomic E-state index is 13.5. The van der Waals surface area contributed by atoms with Gasteiger partial charge in [-0.2, -0.15) is 0 Å². The summed E-state index contributed by atoms with van der Waals surface area (Å²) in [6.07, 6.45) is 2.18. The third kappa shape index (κ3) is 2.18. The first-order chi connectivity index (χ1) is 12.5. The number of hydrogen-bond acceptors (Lipinski definition) is 3. The van der Waals surface area contributed by atoms with Gasteiger partial charge in [0.2, 0.25) is 0 Å².